The summed E-state index contributed by atoms with van der Waals surface area (Å²) in [5.41, 5.74) is 18.5. The average molecular weight is 850 g/mol. The van der Waals surface area contributed by atoms with E-state index in [1.807, 2.05) is 64.3 Å². The first-order chi connectivity index (χ1) is 31.0. The van der Waals surface area contributed by atoms with Gasteiger partial charge in [-0.1, -0.05) is 101 Å². The summed E-state index contributed by atoms with van der Waals surface area (Å²) < 4.78 is 15.2. The van der Waals surface area contributed by atoms with Crippen LogP contribution in [0.5, 0.6) is 0 Å². The minimum atomic E-state index is -0.478. The van der Waals surface area contributed by atoms with Crippen molar-refractivity contribution in [3.05, 3.63) is 166 Å². The number of hydrogen-bond acceptors (Lipinski definition) is 9. The zero-order valence-electron chi connectivity index (χ0n) is 37.5. The zero-order chi connectivity index (χ0) is 44.6. The van der Waals surface area contributed by atoms with Gasteiger partial charge in [-0.25, -0.2) is 0 Å². The highest BCUT2D eigenvalue weighted by Crippen LogP contribution is 2.44. The Balaban J connectivity index is 0.000000163. The van der Waals surface area contributed by atoms with Crippen LogP contribution in [-0.4, -0.2) is 53.7 Å². The number of fused-ring (bicyclic) bond motifs is 6. The Bertz CT molecular complexity index is 3070. The molecule has 64 heavy (non-hydrogen) atoms. The molecule has 2 aliphatic rings. The van der Waals surface area contributed by atoms with Crippen LogP contribution in [0.4, 0.5) is 0 Å². The topological polar surface area (TPSA) is 142 Å². The van der Waals surface area contributed by atoms with Crippen molar-refractivity contribution in [2.45, 2.75) is 66.5 Å². The molecule has 0 unspecified atom stereocenters. The van der Waals surface area contributed by atoms with Crippen LogP contribution >= 0.6 is 0 Å². The van der Waals surface area contributed by atoms with E-state index in [1.165, 1.54) is 11.1 Å². The van der Waals surface area contributed by atoms with Gasteiger partial charge in [-0.3, -0.25) is 24.1 Å². The maximum absolute atomic E-state index is 12.6. The molecule has 2 aliphatic heterocycles. The van der Waals surface area contributed by atoms with E-state index >= 15 is 0 Å². The molecule has 322 valence electrons. The highest BCUT2D eigenvalue weighted by Gasteiger charge is 2.33. The zero-order valence-corrected chi connectivity index (χ0v) is 37.5. The third-order valence-corrected chi connectivity index (χ3v) is 11.9. The molecule has 0 spiro atoms. The molecule has 1 amide bonds. The Hall–Kier alpha value is -7.47. The molecule has 0 saturated carbocycles. The fourth-order valence-electron chi connectivity index (χ4n) is 8.61. The minimum Gasteiger partial charge on any atom is -0.358 e. The summed E-state index contributed by atoms with van der Waals surface area (Å²) in [6.07, 6.45) is 8.82. The van der Waals surface area contributed by atoms with Gasteiger partial charge < -0.3 is 14.4 Å². The standard InChI is InChI=1S/C27H27N5O2.C25H24N4O/c1-5-28-24(33)13-23-27-25(17(3)31-34-27)21-11-10-19(20-14-29-32(4)15-20)12-22(21)26(30-23)18-8-6-16(2)7-9-18;1-5-22-25-23(16(3)28-30-25)20-11-10-18(19-13-26-29(4)14-19)12-21(20)24(27-22)17-8-6-15(2)7-9-17/h6-12,14-15,23H,5,13H2,1-4H3,(H,28,33);6-14,22H,5H2,1-4H3/t23-;22-/m00/s1. The second-order valence-electron chi connectivity index (χ2n) is 16.6. The molecule has 0 fully saturated rings. The van der Waals surface area contributed by atoms with E-state index in [9.17, 15) is 4.79 Å². The molecule has 0 bridgehead atoms. The lowest BCUT2D eigenvalue weighted by Gasteiger charge is -2.13. The molecule has 0 saturated heterocycles. The van der Waals surface area contributed by atoms with Crippen molar-refractivity contribution in [2.24, 2.45) is 24.1 Å². The number of carbonyl (C=O) groups is 1. The van der Waals surface area contributed by atoms with Crippen LogP contribution in [0.3, 0.4) is 0 Å². The van der Waals surface area contributed by atoms with Crippen molar-refractivity contribution < 1.29 is 13.8 Å². The molecule has 1 N–H and O–H groups in total. The number of aromatic nitrogens is 6. The van der Waals surface area contributed by atoms with Crippen molar-refractivity contribution in [1.29, 1.82) is 0 Å². The Kier molecular flexibility index (Phi) is 11.4. The van der Waals surface area contributed by atoms with Gasteiger partial charge in [-0.05, 0) is 75.4 Å². The predicted molar refractivity (Wildman–Crippen MR) is 250 cm³/mol. The van der Waals surface area contributed by atoms with E-state index in [0.29, 0.717) is 12.3 Å². The van der Waals surface area contributed by atoms with E-state index in [2.05, 4.69) is 132 Å². The van der Waals surface area contributed by atoms with Crippen LogP contribution in [0.2, 0.25) is 0 Å². The molecule has 2 atom stereocenters. The lowest BCUT2D eigenvalue weighted by atomic mass is 9.90. The maximum Gasteiger partial charge on any atom is 0.222 e. The molecule has 4 aromatic heterocycles. The number of nitrogens with zero attached hydrogens (tertiary/aromatic N) is 8. The monoisotopic (exact) mass is 849 g/mol. The molecular formula is C52H51N9O3. The molecular weight excluding hydrogens is 799 g/mol. The Morgan fingerprint density at radius 1 is 0.578 bits per heavy atom. The van der Waals surface area contributed by atoms with Crippen LogP contribution in [0.15, 0.2) is 129 Å². The molecule has 6 heterocycles. The van der Waals surface area contributed by atoms with Crippen molar-refractivity contribution in [3.63, 3.8) is 0 Å². The predicted octanol–water partition coefficient (Wildman–Crippen LogP) is 10.4. The summed E-state index contributed by atoms with van der Waals surface area (Å²) in [5.74, 6) is 1.41. The highest BCUT2D eigenvalue weighted by atomic mass is 16.5. The number of amides is 1. The van der Waals surface area contributed by atoms with Crippen LogP contribution in [0.25, 0.3) is 44.5 Å². The Labute approximate surface area is 372 Å². The highest BCUT2D eigenvalue weighted by molar-refractivity contribution is 6.18. The van der Waals surface area contributed by atoms with Gasteiger partial charge in [0.1, 0.15) is 12.1 Å². The van der Waals surface area contributed by atoms with Crippen LogP contribution in [-0.2, 0) is 18.9 Å². The summed E-state index contributed by atoms with van der Waals surface area (Å²) in [4.78, 5) is 22.9. The number of hydrogen-bond donors (Lipinski definition) is 1. The van der Waals surface area contributed by atoms with E-state index in [-0.39, 0.29) is 18.4 Å². The molecule has 12 nitrogen and oxygen atoms in total. The largest absolute Gasteiger partial charge is 0.358 e. The number of nitrogens with one attached hydrogen (secondary N) is 1. The van der Waals surface area contributed by atoms with Gasteiger partial charge in [-0.2, -0.15) is 10.2 Å². The maximum atomic E-state index is 12.6. The lowest BCUT2D eigenvalue weighted by Crippen LogP contribution is -2.24. The summed E-state index contributed by atoms with van der Waals surface area (Å²) in [5, 5.41) is 20.1. The van der Waals surface area contributed by atoms with E-state index in [1.54, 1.807) is 4.68 Å². The summed E-state index contributed by atoms with van der Waals surface area (Å²) in [7, 11) is 3.84. The fourth-order valence-corrected chi connectivity index (χ4v) is 8.61. The first kappa shape index (κ1) is 41.9. The number of aliphatic imine (C=N–C) groups is 2. The average Bonchev–Trinajstić information content (AvgIpc) is 4.08. The van der Waals surface area contributed by atoms with E-state index < -0.39 is 6.04 Å². The van der Waals surface area contributed by atoms with Gasteiger partial charge >= 0.3 is 0 Å². The van der Waals surface area contributed by atoms with Gasteiger partial charge in [-0.15, -0.1) is 0 Å². The summed E-state index contributed by atoms with van der Waals surface area (Å²) in [6, 6.07) is 29.2. The van der Waals surface area contributed by atoms with Gasteiger partial charge in [0, 0.05) is 66.4 Å². The van der Waals surface area contributed by atoms with Crippen LogP contribution < -0.4 is 5.32 Å². The smallest absolute Gasteiger partial charge is 0.222 e. The van der Waals surface area contributed by atoms with Crippen molar-refractivity contribution in [3.8, 4) is 44.5 Å². The molecule has 0 radical (unpaired) electrons. The van der Waals surface area contributed by atoms with Crippen molar-refractivity contribution in [2.75, 3.05) is 6.54 Å². The molecule has 12 heteroatoms. The fraction of sp³-hybridized carbons (Fsp3) is 0.250. The molecule has 4 aromatic carbocycles. The number of aryl methyl sites for hydroxylation is 6. The van der Waals surface area contributed by atoms with Crippen LogP contribution in [0, 0.1) is 27.7 Å². The Morgan fingerprint density at radius 2 is 1.02 bits per heavy atom. The third kappa shape index (κ3) is 8.03. The van der Waals surface area contributed by atoms with Crippen LogP contribution in [0.1, 0.15) is 95.1 Å². The van der Waals surface area contributed by atoms with Gasteiger partial charge in [0.15, 0.2) is 11.5 Å². The van der Waals surface area contributed by atoms with E-state index in [0.717, 1.165) is 102 Å². The second-order valence-corrected chi connectivity index (χ2v) is 16.6. The van der Waals surface area contributed by atoms with Gasteiger partial charge in [0.25, 0.3) is 0 Å². The van der Waals surface area contributed by atoms with E-state index in [4.69, 9.17) is 19.0 Å². The SMILES string of the molecule is CCNC(=O)C[C@@H]1N=C(c2ccc(C)cc2)c2cc(-c3cnn(C)c3)ccc2-c2c(C)noc21.CC[C@@H]1N=C(c2ccc(C)cc2)c2cc(-c3cnn(C)c3)ccc2-c2c(C)noc21. The molecule has 0 aliphatic carbocycles. The normalized spacial score (nSPS) is 15.0. The quantitative estimate of drug-likeness (QED) is 0.160. The van der Waals surface area contributed by atoms with Gasteiger partial charge in [0.05, 0.1) is 52.8 Å². The Morgan fingerprint density at radius 3 is 1.44 bits per heavy atom. The number of rotatable bonds is 8. The molecule has 10 rings (SSSR count). The first-order valence-corrected chi connectivity index (χ1v) is 21.8. The minimum absolute atomic E-state index is 0.0632. The first-order valence-electron chi connectivity index (χ1n) is 21.8. The molecule has 8 aromatic rings. The van der Waals surface area contributed by atoms with Crippen molar-refractivity contribution in [1.82, 2.24) is 35.2 Å². The van der Waals surface area contributed by atoms with Gasteiger partial charge in [0.2, 0.25) is 5.91 Å². The number of carbonyl (C=O) groups excluding carboxylic acids is 1. The summed E-state index contributed by atoms with van der Waals surface area (Å²) >= 11 is 0. The number of benzene rings is 4. The third-order valence-electron chi connectivity index (χ3n) is 11.9. The van der Waals surface area contributed by atoms with Crippen molar-refractivity contribution >= 4 is 17.3 Å². The second kappa shape index (κ2) is 17.4. The summed E-state index contributed by atoms with van der Waals surface area (Å²) in [6.45, 7) is 12.7. The lowest BCUT2D eigenvalue weighted by molar-refractivity contribution is -0.121.